The molecule has 0 radical (unpaired) electrons. The SMILES string of the molecule is COn1cc2c(n1)CCC(C(C)(C)C)C2. The number of aromatic nitrogens is 2. The van der Waals surface area contributed by atoms with Gasteiger partial charge in [0, 0.05) is 0 Å². The Morgan fingerprint density at radius 3 is 2.80 bits per heavy atom. The van der Waals surface area contributed by atoms with Crippen LogP contribution in [0.2, 0.25) is 0 Å². The number of hydrogen-bond donors (Lipinski definition) is 0. The molecule has 1 unspecified atom stereocenters. The highest BCUT2D eigenvalue weighted by atomic mass is 16.7. The maximum absolute atomic E-state index is 5.09. The van der Waals surface area contributed by atoms with Crippen LogP contribution < -0.4 is 4.84 Å². The molecule has 0 aromatic carbocycles. The molecule has 1 heterocycles. The average molecular weight is 208 g/mol. The van der Waals surface area contributed by atoms with Crippen LogP contribution in [0.5, 0.6) is 0 Å². The van der Waals surface area contributed by atoms with Crippen molar-refractivity contribution in [3.63, 3.8) is 0 Å². The standard InChI is InChI=1S/C12H20N2O/c1-12(2,3)10-5-6-11-9(7-10)8-14(13-11)15-4/h8,10H,5-7H2,1-4H3. The molecular formula is C12H20N2O. The van der Waals surface area contributed by atoms with Crippen LogP contribution in [0.25, 0.3) is 0 Å². The van der Waals surface area contributed by atoms with Crippen molar-refractivity contribution in [2.45, 2.75) is 40.0 Å². The van der Waals surface area contributed by atoms with Crippen molar-refractivity contribution >= 4 is 0 Å². The summed E-state index contributed by atoms with van der Waals surface area (Å²) in [6, 6.07) is 0. The van der Waals surface area contributed by atoms with E-state index in [1.807, 2.05) is 6.20 Å². The maximum Gasteiger partial charge on any atom is 0.106 e. The molecule has 1 aromatic heterocycles. The van der Waals surface area contributed by atoms with Crippen LogP contribution in [0.1, 0.15) is 38.4 Å². The first kappa shape index (κ1) is 10.5. The van der Waals surface area contributed by atoms with Crippen LogP contribution in [-0.2, 0) is 12.8 Å². The summed E-state index contributed by atoms with van der Waals surface area (Å²) in [6.07, 6.45) is 5.50. The molecule has 0 saturated heterocycles. The summed E-state index contributed by atoms with van der Waals surface area (Å²) < 4.78 is 0. The fourth-order valence-corrected chi connectivity index (χ4v) is 2.31. The number of aryl methyl sites for hydroxylation is 1. The van der Waals surface area contributed by atoms with Crippen molar-refractivity contribution in [2.75, 3.05) is 7.11 Å². The Morgan fingerprint density at radius 2 is 2.20 bits per heavy atom. The third-order valence-electron chi connectivity index (χ3n) is 3.46. The molecule has 15 heavy (non-hydrogen) atoms. The fraction of sp³-hybridized carbons (Fsp3) is 0.750. The van der Waals surface area contributed by atoms with Gasteiger partial charge in [-0.1, -0.05) is 20.8 Å². The molecule has 0 N–H and O–H groups in total. The monoisotopic (exact) mass is 208 g/mol. The molecule has 84 valence electrons. The van der Waals surface area contributed by atoms with Gasteiger partial charge in [0.25, 0.3) is 0 Å². The molecule has 0 amide bonds. The van der Waals surface area contributed by atoms with Gasteiger partial charge < -0.3 is 4.84 Å². The van der Waals surface area contributed by atoms with Gasteiger partial charge in [0.15, 0.2) is 0 Å². The minimum atomic E-state index is 0.396. The van der Waals surface area contributed by atoms with Crippen molar-refractivity contribution in [1.29, 1.82) is 0 Å². The van der Waals surface area contributed by atoms with E-state index in [1.165, 1.54) is 17.7 Å². The Labute approximate surface area is 91.4 Å². The van der Waals surface area contributed by atoms with E-state index in [1.54, 1.807) is 12.0 Å². The zero-order valence-corrected chi connectivity index (χ0v) is 10.1. The predicted molar refractivity (Wildman–Crippen MR) is 59.7 cm³/mol. The third-order valence-corrected chi connectivity index (χ3v) is 3.46. The van der Waals surface area contributed by atoms with Gasteiger partial charge >= 0.3 is 0 Å². The van der Waals surface area contributed by atoms with Gasteiger partial charge in [-0.3, -0.25) is 0 Å². The molecule has 0 saturated carbocycles. The van der Waals surface area contributed by atoms with Gasteiger partial charge in [-0.15, -0.1) is 9.94 Å². The Bertz CT molecular complexity index is 349. The van der Waals surface area contributed by atoms with Gasteiger partial charge in [-0.25, -0.2) is 0 Å². The Balaban J connectivity index is 2.19. The molecule has 3 heteroatoms. The number of rotatable bonds is 1. The molecule has 0 spiro atoms. The molecule has 1 aliphatic rings. The number of fused-ring (bicyclic) bond motifs is 1. The molecule has 2 rings (SSSR count). The van der Waals surface area contributed by atoms with Gasteiger partial charge in [0.05, 0.1) is 11.9 Å². The Hall–Kier alpha value is -0.990. The molecule has 0 bridgehead atoms. The van der Waals surface area contributed by atoms with Gasteiger partial charge in [0.2, 0.25) is 0 Å². The molecule has 1 aliphatic carbocycles. The van der Waals surface area contributed by atoms with Crippen LogP contribution in [0.4, 0.5) is 0 Å². The first-order valence-electron chi connectivity index (χ1n) is 5.62. The zero-order valence-electron chi connectivity index (χ0n) is 10.1. The minimum Gasteiger partial charge on any atom is -0.400 e. The number of nitrogens with zero attached hydrogens (tertiary/aromatic N) is 2. The molecule has 1 aromatic rings. The second kappa shape index (κ2) is 3.54. The first-order valence-corrected chi connectivity index (χ1v) is 5.62. The van der Waals surface area contributed by atoms with Crippen molar-refractivity contribution < 1.29 is 4.84 Å². The smallest absolute Gasteiger partial charge is 0.106 e. The lowest BCUT2D eigenvalue weighted by Gasteiger charge is -2.33. The highest BCUT2D eigenvalue weighted by Gasteiger charge is 2.30. The van der Waals surface area contributed by atoms with Crippen LogP contribution in [0.15, 0.2) is 6.20 Å². The van der Waals surface area contributed by atoms with E-state index in [0.29, 0.717) is 5.41 Å². The summed E-state index contributed by atoms with van der Waals surface area (Å²) in [5, 5.41) is 4.38. The van der Waals surface area contributed by atoms with E-state index in [9.17, 15) is 0 Å². The van der Waals surface area contributed by atoms with Crippen molar-refractivity contribution in [1.82, 2.24) is 9.94 Å². The largest absolute Gasteiger partial charge is 0.400 e. The summed E-state index contributed by atoms with van der Waals surface area (Å²) in [5.41, 5.74) is 2.98. The van der Waals surface area contributed by atoms with E-state index < -0.39 is 0 Å². The van der Waals surface area contributed by atoms with E-state index in [4.69, 9.17) is 4.84 Å². The molecule has 3 nitrogen and oxygen atoms in total. The van der Waals surface area contributed by atoms with Crippen LogP contribution in [0, 0.1) is 11.3 Å². The lowest BCUT2D eigenvalue weighted by Crippen LogP contribution is -2.26. The van der Waals surface area contributed by atoms with E-state index in [0.717, 1.165) is 18.8 Å². The molecule has 1 atom stereocenters. The molecule has 0 fully saturated rings. The van der Waals surface area contributed by atoms with Crippen LogP contribution in [0.3, 0.4) is 0 Å². The number of hydrogen-bond acceptors (Lipinski definition) is 2. The lowest BCUT2D eigenvalue weighted by atomic mass is 9.72. The summed E-state index contributed by atoms with van der Waals surface area (Å²) in [7, 11) is 1.65. The van der Waals surface area contributed by atoms with E-state index >= 15 is 0 Å². The lowest BCUT2D eigenvalue weighted by molar-refractivity contribution is 0.133. The van der Waals surface area contributed by atoms with Crippen molar-refractivity contribution in [3.05, 3.63) is 17.5 Å². The van der Waals surface area contributed by atoms with Crippen molar-refractivity contribution in [2.24, 2.45) is 11.3 Å². The first-order chi connectivity index (χ1) is 7.00. The normalized spacial score (nSPS) is 21.2. The maximum atomic E-state index is 5.09. The topological polar surface area (TPSA) is 27.1 Å². The minimum absolute atomic E-state index is 0.396. The highest BCUT2D eigenvalue weighted by molar-refractivity contribution is 5.21. The highest BCUT2D eigenvalue weighted by Crippen LogP contribution is 2.36. The summed E-state index contributed by atoms with van der Waals surface area (Å²) >= 11 is 0. The summed E-state index contributed by atoms with van der Waals surface area (Å²) in [4.78, 5) is 6.67. The van der Waals surface area contributed by atoms with Crippen LogP contribution in [-0.4, -0.2) is 17.1 Å². The molecular weight excluding hydrogens is 188 g/mol. The van der Waals surface area contributed by atoms with Gasteiger partial charge in [0.1, 0.15) is 7.11 Å². The second-order valence-electron chi connectivity index (χ2n) is 5.49. The molecule has 0 aliphatic heterocycles. The summed E-state index contributed by atoms with van der Waals surface area (Å²) in [5.74, 6) is 0.763. The van der Waals surface area contributed by atoms with Gasteiger partial charge in [-0.2, -0.15) is 0 Å². The van der Waals surface area contributed by atoms with Crippen LogP contribution >= 0.6 is 0 Å². The summed E-state index contributed by atoms with van der Waals surface area (Å²) in [6.45, 7) is 6.97. The van der Waals surface area contributed by atoms with Crippen molar-refractivity contribution in [3.8, 4) is 0 Å². The Kier molecular flexibility index (Phi) is 2.49. The zero-order chi connectivity index (χ0) is 11.1. The quantitative estimate of drug-likeness (QED) is 0.706. The average Bonchev–Trinajstić information content (AvgIpc) is 2.57. The van der Waals surface area contributed by atoms with Gasteiger partial charge in [-0.05, 0) is 36.2 Å². The predicted octanol–water partition coefficient (Wildman–Crippen LogP) is 2.09. The Morgan fingerprint density at radius 1 is 1.47 bits per heavy atom. The second-order valence-corrected chi connectivity index (χ2v) is 5.49. The van der Waals surface area contributed by atoms with E-state index in [-0.39, 0.29) is 0 Å². The fourth-order valence-electron chi connectivity index (χ4n) is 2.31. The third kappa shape index (κ3) is 2.01. The van der Waals surface area contributed by atoms with E-state index in [2.05, 4.69) is 25.9 Å².